The zero-order valence-corrected chi connectivity index (χ0v) is 10.5. The van der Waals surface area contributed by atoms with Gasteiger partial charge in [0.2, 0.25) is 0 Å². The molecule has 0 bridgehead atoms. The van der Waals surface area contributed by atoms with Gasteiger partial charge in [0.15, 0.2) is 0 Å². The van der Waals surface area contributed by atoms with Crippen molar-refractivity contribution in [1.82, 2.24) is 4.98 Å². The molecule has 104 valence electrons. The van der Waals surface area contributed by atoms with Gasteiger partial charge in [0.25, 0.3) is 0 Å². The molecule has 7 heteroatoms. The second-order valence-electron chi connectivity index (χ2n) is 4.34. The molecule has 1 aromatic heterocycles. The number of aryl methyl sites for hydroxylation is 1. The smallest absolute Gasteiger partial charge is 0.423 e. The third-order valence-electron chi connectivity index (χ3n) is 2.93. The van der Waals surface area contributed by atoms with E-state index in [1.54, 1.807) is 13.0 Å². The summed E-state index contributed by atoms with van der Waals surface area (Å²) in [6, 6.07) is 6.16. The van der Waals surface area contributed by atoms with E-state index in [0.717, 1.165) is 12.1 Å². The van der Waals surface area contributed by atoms with Gasteiger partial charge < -0.3 is 10.0 Å². The first-order valence-corrected chi connectivity index (χ1v) is 5.80. The van der Waals surface area contributed by atoms with E-state index in [-0.39, 0.29) is 16.7 Å². The summed E-state index contributed by atoms with van der Waals surface area (Å²) in [5.74, 6) is 0. The molecular weight excluding hydrogens is 270 g/mol. The van der Waals surface area contributed by atoms with E-state index in [4.69, 9.17) is 0 Å². The quantitative estimate of drug-likeness (QED) is 0.825. The molecule has 0 spiro atoms. The van der Waals surface area contributed by atoms with Gasteiger partial charge in [-0.25, -0.2) is 0 Å². The predicted molar refractivity (Wildman–Crippen MR) is 69.2 cm³/mol. The van der Waals surface area contributed by atoms with Crippen LogP contribution in [0.2, 0.25) is 0 Å². The minimum Gasteiger partial charge on any atom is -0.423 e. The van der Waals surface area contributed by atoms with Crippen LogP contribution in [0.3, 0.4) is 0 Å². The molecule has 0 aliphatic carbocycles. The van der Waals surface area contributed by atoms with Crippen LogP contribution in [0, 0.1) is 6.92 Å². The molecule has 2 rings (SSSR count). The molecular formula is C13H11BF3NO2. The van der Waals surface area contributed by atoms with Gasteiger partial charge in [0, 0.05) is 17.2 Å². The fraction of sp³-hybridized carbons (Fsp3) is 0.154. The van der Waals surface area contributed by atoms with Crippen LogP contribution in [0.5, 0.6) is 0 Å². The van der Waals surface area contributed by atoms with Gasteiger partial charge in [-0.15, -0.1) is 0 Å². The molecule has 0 radical (unpaired) electrons. The largest absolute Gasteiger partial charge is 0.490 e. The van der Waals surface area contributed by atoms with Crippen LogP contribution < -0.4 is 5.46 Å². The highest BCUT2D eigenvalue weighted by Gasteiger charge is 2.31. The van der Waals surface area contributed by atoms with Crippen molar-refractivity contribution in [2.45, 2.75) is 13.1 Å². The van der Waals surface area contributed by atoms with Gasteiger partial charge in [0.05, 0.1) is 11.3 Å². The standard InChI is InChI=1S/C13H11BF3NO2/c1-8-5-6-18-12(11(8)14(19)20)9-3-2-4-10(7-9)13(15,16)17/h2-7,19-20H,1H3. The van der Waals surface area contributed by atoms with Crippen molar-refractivity contribution in [1.29, 1.82) is 0 Å². The van der Waals surface area contributed by atoms with Gasteiger partial charge in [-0.05, 0) is 30.7 Å². The Morgan fingerprint density at radius 1 is 1.15 bits per heavy atom. The number of pyridine rings is 1. The molecule has 1 heterocycles. The topological polar surface area (TPSA) is 53.4 Å². The maximum atomic E-state index is 12.7. The van der Waals surface area contributed by atoms with E-state index >= 15 is 0 Å². The van der Waals surface area contributed by atoms with Crippen molar-refractivity contribution in [3.05, 3.63) is 47.7 Å². The number of halogens is 3. The molecule has 0 fully saturated rings. The van der Waals surface area contributed by atoms with Crippen LogP contribution >= 0.6 is 0 Å². The highest BCUT2D eigenvalue weighted by Crippen LogP contribution is 2.31. The summed E-state index contributed by atoms with van der Waals surface area (Å²) < 4.78 is 38.1. The normalized spacial score (nSPS) is 11.5. The summed E-state index contributed by atoms with van der Waals surface area (Å²) in [4.78, 5) is 3.97. The lowest BCUT2D eigenvalue weighted by Crippen LogP contribution is -2.34. The number of hydrogen-bond acceptors (Lipinski definition) is 3. The molecule has 20 heavy (non-hydrogen) atoms. The van der Waals surface area contributed by atoms with Crippen molar-refractivity contribution in [3.8, 4) is 11.3 Å². The molecule has 0 saturated heterocycles. The number of alkyl halides is 3. The highest BCUT2D eigenvalue weighted by atomic mass is 19.4. The number of nitrogens with zero attached hydrogens (tertiary/aromatic N) is 1. The van der Waals surface area contributed by atoms with Crippen molar-refractivity contribution in [3.63, 3.8) is 0 Å². The Labute approximate surface area is 113 Å². The Kier molecular flexibility index (Phi) is 3.83. The summed E-state index contributed by atoms with van der Waals surface area (Å²) >= 11 is 0. The number of rotatable bonds is 2. The lowest BCUT2D eigenvalue weighted by Gasteiger charge is -2.13. The van der Waals surface area contributed by atoms with E-state index in [0.29, 0.717) is 5.56 Å². The number of benzene rings is 1. The number of aromatic nitrogens is 1. The van der Waals surface area contributed by atoms with Gasteiger partial charge in [-0.3, -0.25) is 4.98 Å². The first-order valence-electron chi connectivity index (χ1n) is 5.80. The molecule has 3 nitrogen and oxygen atoms in total. The fourth-order valence-corrected chi connectivity index (χ4v) is 1.97. The van der Waals surface area contributed by atoms with Crippen LogP contribution in [0.25, 0.3) is 11.3 Å². The fourth-order valence-electron chi connectivity index (χ4n) is 1.97. The van der Waals surface area contributed by atoms with Crippen LogP contribution in [-0.4, -0.2) is 22.2 Å². The van der Waals surface area contributed by atoms with Crippen molar-refractivity contribution in [2.24, 2.45) is 0 Å². The Bertz CT molecular complexity index is 629. The van der Waals surface area contributed by atoms with Crippen molar-refractivity contribution < 1.29 is 23.2 Å². The second-order valence-corrected chi connectivity index (χ2v) is 4.34. The van der Waals surface area contributed by atoms with E-state index in [9.17, 15) is 23.2 Å². The molecule has 1 aromatic carbocycles. The third-order valence-corrected chi connectivity index (χ3v) is 2.93. The van der Waals surface area contributed by atoms with E-state index in [1.165, 1.54) is 18.3 Å². The van der Waals surface area contributed by atoms with Crippen LogP contribution in [0.4, 0.5) is 13.2 Å². The highest BCUT2D eigenvalue weighted by molar-refractivity contribution is 6.61. The zero-order valence-electron chi connectivity index (χ0n) is 10.5. The Balaban J connectivity index is 2.61. The monoisotopic (exact) mass is 281 g/mol. The maximum Gasteiger partial charge on any atom is 0.490 e. The minimum atomic E-state index is -4.46. The molecule has 0 aliphatic rings. The molecule has 0 atom stereocenters. The Hall–Kier alpha value is -1.86. The average Bonchev–Trinajstić information content (AvgIpc) is 2.37. The first-order chi connectivity index (χ1) is 9.30. The molecule has 0 amide bonds. The summed E-state index contributed by atoms with van der Waals surface area (Å²) in [5, 5.41) is 18.7. The maximum absolute atomic E-state index is 12.7. The van der Waals surface area contributed by atoms with E-state index < -0.39 is 18.9 Å². The Morgan fingerprint density at radius 3 is 2.45 bits per heavy atom. The third kappa shape index (κ3) is 2.83. The van der Waals surface area contributed by atoms with Crippen LogP contribution in [0.1, 0.15) is 11.1 Å². The average molecular weight is 281 g/mol. The van der Waals surface area contributed by atoms with Crippen LogP contribution in [-0.2, 0) is 6.18 Å². The molecule has 2 aromatic rings. The van der Waals surface area contributed by atoms with Crippen molar-refractivity contribution >= 4 is 12.6 Å². The van der Waals surface area contributed by atoms with Gasteiger partial charge in [-0.1, -0.05) is 12.1 Å². The molecule has 0 unspecified atom stereocenters. The summed E-state index contributed by atoms with van der Waals surface area (Å²) in [7, 11) is -1.80. The number of hydrogen-bond donors (Lipinski definition) is 2. The Morgan fingerprint density at radius 2 is 1.85 bits per heavy atom. The zero-order chi connectivity index (χ0) is 14.9. The van der Waals surface area contributed by atoms with E-state index in [2.05, 4.69) is 4.98 Å². The van der Waals surface area contributed by atoms with Gasteiger partial charge >= 0.3 is 13.3 Å². The molecule has 2 N–H and O–H groups in total. The second kappa shape index (κ2) is 5.26. The van der Waals surface area contributed by atoms with Crippen LogP contribution in [0.15, 0.2) is 36.5 Å². The van der Waals surface area contributed by atoms with Gasteiger partial charge in [0.1, 0.15) is 0 Å². The summed E-state index contributed by atoms with van der Waals surface area (Å²) in [6.45, 7) is 1.63. The predicted octanol–water partition coefficient (Wildman–Crippen LogP) is 1.76. The van der Waals surface area contributed by atoms with Gasteiger partial charge in [-0.2, -0.15) is 13.2 Å². The lowest BCUT2D eigenvalue weighted by atomic mass is 9.75. The minimum absolute atomic E-state index is 0.104. The van der Waals surface area contributed by atoms with E-state index in [1.807, 2.05) is 0 Å². The summed E-state index contributed by atoms with van der Waals surface area (Å²) in [6.07, 6.45) is -3.05. The lowest BCUT2D eigenvalue weighted by molar-refractivity contribution is -0.137. The molecule has 0 saturated carbocycles. The molecule has 0 aliphatic heterocycles. The van der Waals surface area contributed by atoms with Crippen molar-refractivity contribution in [2.75, 3.05) is 0 Å². The summed E-state index contributed by atoms with van der Waals surface area (Å²) in [5.41, 5.74) is 0.156. The first kappa shape index (κ1) is 14.6. The SMILES string of the molecule is Cc1ccnc(-c2cccc(C(F)(F)F)c2)c1B(O)O.